The number of hydrogen-bond donors (Lipinski definition) is 2. The van der Waals surface area contributed by atoms with E-state index in [9.17, 15) is 4.79 Å². The molecule has 0 spiro atoms. The fraction of sp³-hybridized carbons (Fsp3) is 0.350. The predicted molar refractivity (Wildman–Crippen MR) is 105 cm³/mol. The first kappa shape index (κ1) is 17.7. The molecule has 140 valence electrons. The first-order chi connectivity index (χ1) is 13.1. The molecule has 1 unspecified atom stereocenters. The average molecular weight is 382 g/mol. The van der Waals surface area contributed by atoms with Crippen LogP contribution in [-0.4, -0.2) is 20.7 Å². The van der Waals surface area contributed by atoms with Gasteiger partial charge in [-0.05, 0) is 38.0 Å². The number of aromatic nitrogens is 3. The summed E-state index contributed by atoms with van der Waals surface area (Å²) < 4.78 is 7.89. The van der Waals surface area contributed by atoms with Crippen molar-refractivity contribution in [1.82, 2.24) is 20.1 Å². The Labute approximate surface area is 162 Å². The summed E-state index contributed by atoms with van der Waals surface area (Å²) in [7, 11) is 0. The van der Waals surface area contributed by atoms with Crippen molar-refractivity contribution in [2.24, 2.45) is 0 Å². The van der Waals surface area contributed by atoms with Crippen molar-refractivity contribution >= 4 is 18.1 Å². The lowest BCUT2D eigenvalue weighted by Gasteiger charge is -2.22. The highest BCUT2D eigenvalue weighted by atomic mass is 32.1. The molecule has 0 aliphatic heterocycles. The highest BCUT2D eigenvalue weighted by molar-refractivity contribution is 7.71. The van der Waals surface area contributed by atoms with Crippen molar-refractivity contribution in [2.75, 3.05) is 0 Å². The summed E-state index contributed by atoms with van der Waals surface area (Å²) in [4.78, 5) is 12.5. The predicted octanol–water partition coefficient (Wildman–Crippen LogP) is 4.09. The van der Waals surface area contributed by atoms with Crippen molar-refractivity contribution in [2.45, 2.75) is 45.2 Å². The summed E-state index contributed by atoms with van der Waals surface area (Å²) in [6.45, 7) is 2.53. The summed E-state index contributed by atoms with van der Waals surface area (Å²) in [5.41, 5.74) is 3.27. The van der Waals surface area contributed by atoms with E-state index < -0.39 is 0 Å². The first-order valence-corrected chi connectivity index (χ1v) is 9.60. The second-order valence-electron chi connectivity index (χ2n) is 6.93. The minimum atomic E-state index is 0.00649. The number of amides is 1. The number of benzene rings is 1. The number of carbonyl (C=O) groups excluding carboxylic acids is 1. The van der Waals surface area contributed by atoms with Gasteiger partial charge in [0.1, 0.15) is 5.76 Å². The Morgan fingerprint density at radius 1 is 1.37 bits per heavy atom. The molecule has 7 heteroatoms. The summed E-state index contributed by atoms with van der Waals surface area (Å²) in [5.74, 6) is 1.75. The molecular weight excluding hydrogens is 360 g/mol. The van der Waals surface area contributed by atoms with Gasteiger partial charge in [0.2, 0.25) is 5.91 Å². The fourth-order valence-corrected chi connectivity index (χ4v) is 3.79. The van der Waals surface area contributed by atoms with E-state index in [-0.39, 0.29) is 11.9 Å². The monoisotopic (exact) mass is 382 g/mol. The Hall–Kier alpha value is -2.67. The normalized spacial score (nSPS) is 16.1. The molecule has 3 aromatic rings. The molecular formula is C20H22N4O2S. The van der Waals surface area contributed by atoms with Crippen LogP contribution in [0.25, 0.3) is 11.4 Å². The van der Waals surface area contributed by atoms with Gasteiger partial charge >= 0.3 is 0 Å². The zero-order valence-electron chi connectivity index (χ0n) is 15.2. The van der Waals surface area contributed by atoms with Gasteiger partial charge in [0.25, 0.3) is 0 Å². The van der Waals surface area contributed by atoms with Crippen LogP contribution in [0.2, 0.25) is 0 Å². The lowest BCUT2D eigenvalue weighted by Crippen LogP contribution is -2.31. The van der Waals surface area contributed by atoms with E-state index in [4.69, 9.17) is 16.6 Å². The van der Waals surface area contributed by atoms with Gasteiger partial charge in [-0.1, -0.05) is 29.8 Å². The van der Waals surface area contributed by atoms with E-state index in [1.165, 1.54) is 5.56 Å². The van der Waals surface area contributed by atoms with Crippen LogP contribution in [0.1, 0.15) is 42.2 Å². The quantitative estimate of drug-likeness (QED) is 0.652. The van der Waals surface area contributed by atoms with Crippen molar-refractivity contribution < 1.29 is 9.21 Å². The number of fused-ring (bicyclic) bond motifs is 1. The van der Waals surface area contributed by atoms with Crippen LogP contribution in [0.5, 0.6) is 0 Å². The van der Waals surface area contributed by atoms with Gasteiger partial charge in [0.15, 0.2) is 10.6 Å². The van der Waals surface area contributed by atoms with Gasteiger partial charge in [-0.2, -0.15) is 5.10 Å². The number of aryl methyl sites for hydroxylation is 2. The van der Waals surface area contributed by atoms with Crippen molar-refractivity contribution in [3.8, 4) is 11.4 Å². The van der Waals surface area contributed by atoms with Gasteiger partial charge in [0, 0.05) is 30.5 Å². The maximum Gasteiger partial charge on any atom is 0.222 e. The summed E-state index contributed by atoms with van der Waals surface area (Å²) in [6, 6.07) is 10.1. The van der Waals surface area contributed by atoms with E-state index in [0.717, 1.165) is 42.0 Å². The van der Waals surface area contributed by atoms with Crippen LogP contribution in [0.3, 0.4) is 0 Å². The lowest BCUT2D eigenvalue weighted by atomic mass is 9.93. The molecule has 1 aromatic carbocycles. The van der Waals surface area contributed by atoms with Gasteiger partial charge in [-0.25, -0.2) is 0 Å². The molecule has 1 atom stereocenters. The smallest absolute Gasteiger partial charge is 0.222 e. The van der Waals surface area contributed by atoms with Crippen molar-refractivity contribution in [3.63, 3.8) is 0 Å². The molecule has 2 aromatic heterocycles. The summed E-state index contributed by atoms with van der Waals surface area (Å²) in [6.07, 6.45) is 4.96. The van der Waals surface area contributed by atoms with E-state index in [1.807, 2.05) is 41.8 Å². The second-order valence-corrected chi connectivity index (χ2v) is 7.32. The van der Waals surface area contributed by atoms with E-state index in [2.05, 4.69) is 15.5 Å². The summed E-state index contributed by atoms with van der Waals surface area (Å²) >= 11 is 5.35. The van der Waals surface area contributed by atoms with Crippen LogP contribution in [0.15, 0.2) is 41.0 Å². The Kier molecular flexibility index (Phi) is 4.94. The number of furan rings is 1. The SMILES string of the molecule is Cc1ccc(-c2n[nH]c(=S)n2CCC(=O)NC2CCCc3occc32)cc1. The third-order valence-electron chi connectivity index (χ3n) is 5.02. The number of carbonyl (C=O) groups is 1. The molecule has 1 aliphatic carbocycles. The molecule has 1 aliphatic rings. The van der Waals surface area contributed by atoms with Crippen LogP contribution < -0.4 is 5.32 Å². The number of hydrogen-bond acceptors (Lipinski definition) is 4. The maximum absolute atomic E-state index is 12.5. The van der Waals surface area contributed by atoms with E-state index in [0.29, 0.717) is 17.7 Å². The second kappa shape index (κ2) is 7.52. The fourth-order valence-electron chi connectivity index (χ4n) is 3.56. The molecule has 1 amide bonds. The van der Waals surface area contributed by atoms with Gasteiger partial charge in [-0.3, -0.25) is 14.5 Å². The molecule has 0 radical (unpaired) electrons. The standard InChI is InChI=1S/C20H22N4O2S/c1-13-5-7-14(8-6-13)19-22-23-20(27)24(19)11-9-18(25)21-16-3-2-4-17-15(16)10-12-26-17/h5-8,10,12,16H,2-4,9,11H2,1H3,(H,21,25)(H,23,27). The lowest BCUT2D eigenvalue weighted by molar-refractivity contribution is -0.122. The van der Waals surface area contributed by atoms with E-state index in [1.54, 1.807) is 6.26 Å². The van der Waals surface area contributed by atoms with Crippen LogP contribution >= 0.6 is 12.2 Å². The Balaban J connectivity index is 1.44. The average Bonchev–Trinajstić information content (AvgIpc) is 3.28. The zero-order valence-corrected chi connectivity index (χ0v) is 16.0. The van der Waals surface area contributed by atoms with Crippen molar-refractivity contribution in [1.29, 1.82) is 0 Å². The minimum absolute atomic E-state index is 0.00649. The molecule has 0 fully saturated rings. The van der Waals surface area contributed by atoms with Gasteiger partial charge in [-0.15, -0.1) is 0 Å². The minimum Gasteiger partial charge on any atom is -0.469 e. The molecule has 6 nitrogen and oxygen atoms in total. The molecule has 0 bridgehead atoms. The topological polar surface area (TPSA) is 75.8 Å². The van der Waals surface area contributed by atoms with Crippen LogP contribution in [-0.2, 0) is 17.8 Å². The van der Waals surface area contributed by atoms with Crippen LogP contribution in [0.4, 0.5) is 0 Å². The molecule has 0 saturated carbocycles. The highest BCUT2D eigenvalue weighted by Crippen LogP contribution is 2.30. The molecule has 0 saturated heterocycles. The third-order valence-corrected chi connectivity index (χ3v) is 5.33. The molecule has 4 rings (SSSR count). The largest absolute Gasteiger partial charge is 0.469 e. The number of H-pyrrole nitrogens is 1. The third kappa shape index (κ3) is 3.73. The van der Waals surface area contributed by atoms with E-state index >= 15 is 0 Å². The Bertz CT molecular complexity index is 1000. The maximum atomic E-state index is 12.5. The van der Waals surface area contributed by atoms with Gasteiger partial charge < -0.3 is 9.73 Å². The molecule has 27 heavy (non-hydrogen) atoms. The Morgan fingerprint density at radius 2 is 2.19 bits per heavy atom. The van der Waals surface area contributed by atoms with Gasteiger partial charge in [0.05, 0.1) is 12.3 Å². The number of aromatic amines is 1. The molecule has 2 N–H and O–H groups in total. The highest BCUT2D eigenvalue weighted by Gasteiger charge is 2.24. The number of rotatable bonds is 5. The Morgan fingerprint density at radius 3 is 3.00 bits per heavy atom. The first-order valence-electron chi connectivity index (χ1n) is 9.19. The number of nitrogens with zero attached hydrogens (tertiary/aromatic N) is 2. The zero-order chi connectivity index (χ0) is 18.8. The number of nitrogens with one attached hydrogen (secondary N) is 2. The van der Waals surface area contributed by atoms with Crippen LogP contribution in [0, 0.1) is 11.7 Å². The van der Waals surface area contributed by atoms with Crippen molar-refractivity contribution in [3.05, 3.63) is 58.3 Å². The molecule has 2 heterocycles. The summed E-state index contributed by atoms with van der Waals surface area (Å²) in [5, 5.41) is 10.3.